The van der Waals surface area contributed by atoms with Crippen molar-refractivity contribution in [2.24, 2.45) is 0 Å². The molecule has 2 aromatic carbocycles. The number of amides is 1. The molecular formula is C16H14BrNO3. The lowest BCUT2D eigenvalue weighted by atomic mass is 10.1. The van der Waals surface area contributed by atoms with E-state index in [4.69, 9.17) is 5.11 Å². The van der Waals surface area contributed by atoms with E-state index in [-0.39, 0.29) is 11.5 Å². The predicted octanol–water partition coefficient (Wildman–Crippen LogP) is 4.02. The van der Waals surface area contributed by atoms with Gasteiger partial charge in [0, 0.05) is 10.0 Å². The van der Waals surface area contributed by atoms with Gasteiger partial charge in [0.05, 0.1) is 11.3 Å². The number of hydrogen-bond acceptors (Lipinski definition) is 2. The zero-order valence-corrected chi connectivity index (χ0v) is 13.2. The Morgan fingerprint density at radius 3 is 2.38 bits per heavy atom. The van der Waals surface area contributed by atoms with E-state index in [0.717, 1.165) is 11.1 Å². The van der Waals surface area contributed by atoms with E-state index in [1.165, 1.54) is 12.1 Å². The molecular weight excluding hydrogens is 334 g/mol. The highest BCUT2D eigenvalue weighted by Gasteiger charge is 2.12. The van der Waals surface area contributed by atoms with Gasteiger partial charge in [-0.1, -0.05) is 17.7 Å². The molecule has 0 atom stereocenters. The quantitative estimate of drug-likeness (QED) is 0.881. The van der Waals surface area contributed by atoms with Crippen molar-refractivity contribution >= 4 is 33.5 Å². The number of carbonyl (C=O) groups excluding carboxylic acids is 1. The fourth-order valence-electron chi connectivity index (χ4n) is 2.01. The molecule has 0 unspecified atom stereocenters. The van der Waals surface area contributed by atoms with E-state index >= 15 is 0 Å². The van der Waals surface area contributed by atoms with Crippen LogP contribution in [0.5, 0.6) is 0 Å². The zero-order chi connectivity index (χ0) is 15.6. The summed E-state index contributed by atoms with van der Waals surface area (Å²) in [5.41, 5.74) is 3.27. The van der Waals surface area contributed by atoms with Crippen molar-refractivity contribution in [3.63, 3.8) is 0 Å². The Morgan fingerprint density at radius 1 is 1.10 bits per heavy atom. The molecule has 0 aliphatic heterocycles. The lowest BCUT2D eigenvalue weighted by molar-refractivity contribution is 0.0696. The number of rotatable bonds is 3. The Kier molecular flexibility index (Phi) is 4.43. The van der Waals surface area contributed by atoms with E-state index < -0.39 is 5.97 Å². The number of benzene rings is 2. The van der Waals surface area contributed by atoms with Gasteiger partial charge in [-0.25, -0.2) is 4.79 Å². The number of hydrogen-bond donors (Lipinski definition) is 2. The Bertz CT molecular complexity index is 725. The molecule has 0 saturated heterocycles. The van der Waals surface area contributed by atoms with Crippen LogP contribution in [-0.2, 0) is 0 Å². The minimum atomic E-state index is -1.01. The summed E-state index contributed by atoms with van der Waals surface area (Å²) in [5, 5.41) is 11.7. The van der Waals surface area contributed by atoms with Gasteiger partial charge in [0.1, 0.15) is 0 Å². The molecule has 0 radical (unpaired) electrons. The second kappa shape index (κ2) is 6.10. The second-order valence-corrected chi connectivity index (χ2v) is 5.63. The van der Waals surface area contributed by atoms with Crippen LogP contribution in [0.25, 0.3) is 0 Å². The number of anilines is 1. The topological polar surface area (TPSA) is 66.4 Å². The van der Waals surface area contributed by atoms with Crippen LogP contribution in [0.15, 0.2) is 40.9 Å². The number of carboxylic acids is 1. The molecule has 0 aromatic heterocycles. The van der Waals surface area contributed by atoms with Crippen LogP contribution in [-0.4, -0.2) is 17.0 Å². The largest absolute Gasteiger partial charge is 0.478 e. The highest BCUT2D eigenvalue weighted by atomic mass is 79.9. The lowest BCUT2D eigenvalue weighted by Crippen LogP contribution is -2.14. The van der Waals surface area contributed by atoms with Gasteiger partial charge in [-0.15, -0.1) is 0 Å². The van der Waals surface area contributed by atoms with Crippen molar-refractivity contribution in [3.8, 4) is 0 Å². The third-order valence-corrected chi connectivity index (χ3v) is 3.75. The third kappa shape index (κ3) is 3.49. The fourth-order valence-corrected chi connectivity index (χ4v) is 2.49. The minimum absolute atomic E-state index is 0.159. The molecule has 0 heterocycles. The first-order valence-electron chi connectivity index (χ1n) is 6.30. The van der Waals surface area contributed by atoms with Gasteiger partial charge in [-0.2, -0.15) is 0 Å². The van der Waals surface area contributed by atoms with Gasteiger partial charge >= 0.3 is 5.97 Å². The van der Waals surface area contributed by atoms with Crippen molar-refractivity contribution < 1.29 is 14.7 Å². The van der Waals surface area contributed by atoms with Gasteiger partial charge in [0.25, 0.3) is 5.91 Å². The summed E-state index contributed by atoms with van der Waals surface area (Å²) in [5.74, 6) is -1.24. The summed E-state index contributed by atoms with van der Waals surface area (Å²) in [4.78, 5) is 23.1. The molecule has 21 heavy (non-hydrogen) atoms. The molecule has 0 spiro atoms. The van der Waals surface area contributed by atoms with Gasteiger partial charge in [-0.05, 0) is 59.6 Å². The average Bonchev–Trinajstić information content (AvgIpc) is 2.40. The Hall–Kier alpha value is -2.14. The molecule has 0 saturated carbocycles. The molecule has 2 rings (SSSR count). The van der Waals surface area contributed by atoms with E-state index in [1.54, 1.807) is 12.1 Å². The monoisotopic (exact) mass is 347 g/mol. The van der Waals surface area contributed by atoms with Crippen molar-refractivity contribution in [1.29, 1.82) is 0 Å². The van der Waals surface area contributed by atoms with Gasteiger partial charge in [0.2, 0.25) is 0 Å². The van der Waals surface area contributed by atoms with Gasteiger partial charge in [0.15, 0.2) is 0 Å². The first-order chi connectivity index (χ1) is 9.88. The highest BCUT2D eigenvalue weighted by molar-refractivity contribution is 9.10. The number of aromatic carboxylic acids is 1. The molecule has 0 aliphatic rings. The Morgan fingerprint density at radius 2 is 1.81 bits per heavy atom. The number of aryl methyl sites for hydroxylation is 2. The van der Waals surface area contributed by atoms with Crippen LogP contribution in [0.2, 0.25) is 0 Å². The number of nitrogens with one attached hydrogen (secondary N) is 1. The molecule has 2 aromatic rings. The zero-order valence-electron chi connectivity index (χ0n) is 11.6. The molecule has 0 bridgehead atoms. The number of carbonyl (C=O) groups is 2. The maximum absolute atomic E-state index is 12.3. The maximum Gasteiger partial charge on any atom is 0.335 e. The molecule has 1 amide bonds. The van der Waals surface area contributed by atoms with Gasteiger partial charge < -0.3 is 10.4 Å². The van der Waals surface area contributed by atoms with E-state index in [9.17, 15) is 9.59 Å². The molecule has 0 aliphatic carbocycles. The second-order valence-electron chi connectivity index (χ2n) is 4.77. The highest BCUT2D eigenvalue weighted by Crippen LogP contribution is 2.24. The lowest BCUT2D eigenvalue weighted by Gasteiger charge is -2.10. The Balaban J connectivity index is 2.25. The molecule has 5 heteroatoms. The van der Waals surface area contributed by atoms with Crippen LogP contribution in [0.4, 0.5) is 5.69 Å². The first-order valence-corrected chi connectivity index (χ1v) is 7.09. The molecule has 4 nitrogen and oxygen atoms in total. The summed E-state index contributed by atoms with van der Waals surface area (Å²) in [6.07, 6.45) is 0. The van der Waals surface area contributed by atoms with Crippen molar-refractivity contribution in [2.45, 2.75) is 13.8 Å². The van der Waals surface area contributed by atoms with E-state index in [1.807, 2.05) is 26.0 Å². The van der Waals surface area contributed by atoms with E-state index in [2.05, 4.69) is 21.2 Å². The molecule has 0 fully saturated rings. The Labute approximate surface area is 130 Å². The van der Waals surface area contributed by atoms with Crippen LogP contribution < -0.4 is 5.32 Å². The van der Waals surface area contributed by atoms with Crippen LogP contribution >= 0.6 is 15.9 Å². The minimum Gasteiger partial charge on any atom is -0.478 e. The first kappa shape index (κ1) is 15.3. The standard InChI is InChI=1S/C16H14BrNO3/c1-9-3-5-12(10(2)7-9)15(19)18-14-6-4-11(16(20)21)8-13(14)17/h3-8H,1-2H3,(H,18,19)(H,20,21). The summed E-state index contributed by atoms with van der Waals surface area (Å²) < 4.78 is 0.528. The predicted molar refractivity (Wildman–Crippen MR) is 85.0 cm³/mol. The van der Waals surface area contributed by atoms with Crippen molar-refractivity contribution in [1.82, 2.24) is 0 Å². The van der Waals surface area contributed by atoms with Crippen molar-refractivity contribution in [2.75, 3.05) is 5.32 Å². The third-order valence-electron chi connectivity index (χ3n) is 3.09. The summed E-state index contributed by atoms with van der Waals surface area (Å²) in [6, 6.07) is 10.1. The molecule has 2 N–H and O–H groups in total. The maximum atomic E-state index is 12.3. The van der Waals surface area contributed by atoms with Crippen molar-refractivity contribution in [3.05, 3.63) is 63.1 Å². The summed E-state index contributed by atoms with van der Waals surface area (Å²) in [6.45, 7) is 3.85. The average molecular weight is 348 g/mol. The van der Waals surface area contributed by atoms with Crippen LogP contribution in [0.3, 0.4) is 0 Å². The van der Waals surface area contributed by atoms with Crippen LogP contribution in [0, 0.1) is 13.8 Å². The number of carboxylic acid groups (broad SMARTS) is 1. The normalized spacial score (nSPS) is 10.2. The van der Waals surface area contributed by atoms with E-state index in [0.29, 0.717) is 15.7 Å². The van der Waals surface area contributed by atoms with Crippen LogP contribution in [0.1, 0.15) is 31.8 Å². The smallest absolute Gasteiger partial charge is 0.335 e. The summed E-state index contributed by atoms with van der Waals surface area (Å²) >= 11 is 3.27. The SMILES string of the molecule is Cc1ccc(C(=O)Nc2ccc(C(=O)O)cc2Br)c(C)c1. The number of halogens is 1. The summed E-state index contributed by atoms with van der Waals surface area (Å²) in [7, 11) is 0. The molecule has 108 valence electrons. The fraction of sp³-hybridized carbons (Fsp3) is 0.125. The van der Waals surface area contributed by atoms with Gasteiger partial charge in [-0.3, -0.25) is 4.79 Å².